The molecule has 2 aliphatic rings. The molecule has 0 spiro atoms. The number of rotatable bonds is 5. The van der Waals surface area contributed by atoms with Crippen LogP contribution in [0.25, 0.3) is 0 Å². The van der Waals surface area contributed by atoms with Gasteiger partial charge in [-0.2, -0.15) is 19.1 Å². The van der Waals surface area contributed by atoms with Crippen LogP contribution >= 0.6 is 0 Å². The van der Waals surface area contributed by atoms with Gasteiger partial charge in [0.05, 0.1) is 22.7 Å². The lowest BCUT2D eigenvalue weighted by Crippen LogP contribution is -2.85. The summed E-state index contributed by atoms with van der Waals surface area (Å²) in [6.45, 7) is 0. The molecule has 2 aromatic carbocycles. The predicted molar refractivity (Wildman–Crippen MR) is 133 cm³/mol. The Labute approximate surface area is 217 Å². The predicted octanol–water partition coefficient (Wildman–Crippen LogP) is 2.91. The molecule has 2 aromatic rings. The molecule has 1 fully saturated rings. The van der Waals surface area contributed by atoms with E-state index in [1.165, 1.54) is 19.5 Å². The van der Waals surface area contributed by atoms with E-state index in [1.54, 1.807) is 30.5 Å². The van der Waals surface area contributed by atoms with Crippen LogP contribution in [0.1, 0.15) is 58.4 Å². The van der Waals surface area contributed by atoms with Crippen LogP contribution in [-0.4, -0.2) is 35.8 Å². The first-order valence-corrected chi connectivity index (χ1v) is 11.9. The van der Waals surface area contributed by atoms with Crippen molar-refractivity contribution in [2.75, 3.05) is 18.1 Å². The zero-order valence-corrected chi connectivity index (χ0v) is 20.7. The first-order valence-electron chi connectivity index (χ1n) is 11.9. The Morgan fingerprint density at radius 1 is 1.08 bits per heavy atom. The van der Waals surface area contributed by atoms with Crippen LogP contribution in [0, 0.1) is 0 Å². The van der Waals surface area contributed by atoms with Crippen LogP contribution in [0.15, 0.2) is 54.5 Å². The van der Waals surface area contributed by atoms with Gasteiger partial charge in [-0.15, -0.1) is 0 Å². The number of carbonyl (C=O) groups is 3. The van der Waals surface area contributed by atoms with Crippen LogP contribution in [0.3, 0.4) is 0 Å². The summed E-state index contributed by atoms with van der Waals surface area (Å²) in [6, 6.07) is 9.23. The number of carbonyl (C=O) groups excluding carboxylic acids is 3. The molecule has 0 aromatic heterocycles. The second-order valence-electron chi connectivity index (χ2n) is 8.87. The molecular formula is C25H30F3N6O4+. The van der Waals surface area contributed by atoms with Crippen molar-refractivity contribution >= 4 is 29.2 Å². The first kappa shape index (κ1) is 28.5. The monoisotopic (exact) mass is 535 g/mol. The molecule has 4 amide bonds. The number of nitrogens with zero attached hydrogens (tertiary/aromatic N) is 1. The normalized spacial score (nSPS) is 15.9. The summed E-state index contributed by atoms with van der Waals surface area (Å²) in [7, 11) is 1.49. The van der Waals surface area contributed by atoms with Gasteiger partial charge in [-0.1, -0.05) is 18.6 Å². The van der Waals surface area contributed by atoms with Crippen LogP contribution in [0.4, 0.5) is 29.3 Å². The van der Waals surface area contributed by atoms with Crippen molar-refractivity contribution in [3.63, 3.8) is 0 Å². The average Bonchev–Trinajstić information content (AvgIpc) is 3.10. The number of hydrogen-bond acceptors (Lipinski definition) is 6. The van der Waals surface area contributed by atoms with Gasteiger partial charge in [-0.05, 0) is 56.0 Å². The minimum atomic E-state index is -4.57. The van der Waals surface area contributed by atoms with Gasteiger partial charge in [-0.3, -0.25) is 19.8 Å². The van der Waals surface area contributed by atoms with Crippen molar-refractivity contribution in [2.24, 2.45) is 5.90 Å². The Balaban J connectivity index is 0.000000275. The summed E-state index contributed by atoms with van der Waals surface area (Å²) in [5, 5.41) is 6.53. The molecule has 0 saturated heterocycles. The molecule has 0 bridgehead atoms. The smallest absolute Gasteiger partial charge is 0.399 e. The maximum Gasteiger partial charge on any atom is 0.416 e. The lowest BCUT2D eigenvalue weighted by atomic mass is 9.96. The largest absolute Gasteiger partial charge is 0.416 e. The summed E-state index contributed by atoms with van der Waals surface area (Å²) in [5.74, 6) is 4.70. The van der Waals surface area contributed by atoms with Gasteiger partial charge in [0.15, 0.2) is 6.20 Å². The lowest BCUT2D eigenvalue weighted by Gasteiger charge is -2.18. The van der Waals surface area contributed by atoms with E-state index in [-0.39, 0.29) is 29.1 Å². The second kappa shape index (κ2) is 12.4. The fraction of sp³-hybridized carbons (Fsp3) is 0.320. The number of hydrogen-bond donors (Lipinski definition) is 5. The number of nitrogens with one attached hydrogen (secondary N) is 2. The Hall–Kier alpha value is -4.10. The molecule has 1 aliphatic heterocycles. The molecule has 0 atom stereocenters. The molecule has 0 unspecified atom stereocenters. The van der Waals surface area contributed by atoms with Gasteiger partial charge in [-0.25, -0.2) is 4.79 Å². The van der Waals surface area contributed by atoms with E-state index < -0.39 is 17.8 Å². The van der Waals surface area contributed by atoms with Gasteiger partial charge >= 0.3 is 12.2 Å². The van der Waals surface area contributed by atoms with Gasteiger partial charge < -0.3 is 21.2 Å². The number of amides is 4. The maximum absolute atomic E-state index is 12.8. The lowest BCUT2D eigenvalue weighted by molar-refractivity contribution is -0.631. The van der Waals surface area contributed by atoms with Crippen molar-refractivity contribution in [1.29, 1.82) is 0 Å². The quantitative estimate of drug-likeness (QED) is 0.172. The maximum atomic E-state index is 12.8. The zero-order valence-electron chi connectivity index (χ0n) is 20.7. The van der Waals surface area contributed by atoms with Gasteiger partial charge in [0.1, 0.15) is 0 Å². The van der Waals surface area contributed by atoms with Crippen LogP contribution in [0.5, 0.6) is 0 Å². The van der Waals surface area contributed by atoms with E-state index in [1.807, 2.05) is 5.32 Å². The highest BCUT2D eigenvalue weighted by Crippen LogP contribution is 2.32. The highest BCUT2D eigenvalue weighted by Gasteiger charge is 2.32. The fourth-order valence-corrected chi connectivity index (χ4v) is 4.13. The average molecular weight is 536 g/mol. The molecule has 8 N–H and O–H groups in total. The highest BCUT2D eigenvalue weighted by atomic mass is 19.4. The molecule has 38 heavy (non-hydrogen) atoms. The SMILES string of the molecule is CN1C(=O)c2ccccc2C1=O.NO/C(=C\[NH2+]C1CCCCC1)NC(=O)Nc1cc(N)cc(C(F)(F)F)c1. The number of benzene rings is 2. The Bertz CT molecular complexity index is 1180. The molecule has 1 aliphatic carbocycles. The number of nitrogens with two attached hydrogens (primary N) is 3. The summed E-state index contributed by atoms with van der Waals surface area (Å²) < 4.78 is 38.4. The first-order chi connectivity index (χ1) is 18.0. The number of alkyl halides is 3. The Kier molecular flexibility index (Phi) is 9.31. The third-order valence-electron chi connectivity index (χ3n) is 6.07. The van der Waals surface area contributed by atoms with Crippen molar-refractivity contribution in [2.45, 2.75) is 44.3 Å². The molecule has 10 nitrogen and oxygen atoms in total. The number of halogens is 3. The van der Waals surface area contributed by atoms with E-state index in [4.69, 9.17) is 11.6 Å². The molecule has 204 valence electrons. The Morgan fingerprint density at radius 3 is 2.24 bits per heavy atom. The van der Waals surface area contributed by atoms with Gasteiger partial charge in [0, 0.05) is 18.4 Å². The van der Waals surface area contributed by atoms with Crippen LogP contribution in [0.2, 0.25) is 0 Å². The van der Waals surface area contributed by atoms with Crippen molar-refractivity contribution in [3.05, 3.63) is 71.2 Å². The fourth-order valence-electron chi connectivity index (χ4n) is 4.13. The standard InChI is InChI=1S/C16H22F3N5O2.C9H7NO2/c17-16(18,19)10-6-11(20)8-13(7-10)23-15(25)24-14(26-21)9-22-12-4-2-1-3-5-12;1-10-8(11)6-4-2-3-5-7(6)9(10)12/h6-9,12,22H,1-5,20-21H2,(H2,23,24,25);2-5H,1H3/p+1/b14-9-;. The molecule has 13 heteroatoms. The van der Waals surface area contributed by atoms with Crippen molar-refractivity contribution in [3.8, 4) is 0 Å². The topological polar surface area (TPSA) is 156 Å². The number of anilines is 2. The zero-order chi connectivity index (χ0) is 27.9. The van der Waals surface area contributed by atoms with Gasteiger partial charge in [0.2, 0.25) is 0 Å². The number of nitrogen functional groups attached to an aromatic ring is 1. The number of fused-ring (bicyclic) bond motifs is 1. The van der Waals surface area contributed by atoms with E-state index in [0.717, 1.165) is 42.7 Å². The number of quaternary nitrogens is 1. The molecule has 0 radical (unpaired) electrons. The summed E-state index contributed by atoms with van der Waals surface area (Å²) in [6.07, 6.45) is 2.62. The second-order valence-corrected chi connectivity index (χ2v) is 8.87. The minimum absolute atomic E-state index is 0.00646. The summed E-state index contributed by atoms with van der Waals surface area (Å²) >= 11 is 0. The summed E-state index contributed by atoms with van der Waals surface area (Å²) in [5.41, 5.74) is 5.30. The van der Waals surface area contributed by atoms with E-state index in [2.05, 4.69) is 15.5 Å². The Morgan fingerprint density at radius 2 is 1.68 bits per heavy atom. The molecule has 4 rings (SSSR count). The molecular weight excluding hydrogens is 505 g/mol. The molecule has 1 heterocycles. The van der Waals surface area contributed by atoms with Crippen molar-refractivity contribution in [1.82, 2.24) is 10.2 Å². The third kappa shape index (κ3) is 7.46. The van der Waals surface area contributed by atoms with Crippen molar-refractivity contribution < 1.29 is 37.7 Å². The van der Waals surface area contributed by atoms with Crippen LogP contribution < -0.4 is 27.6 Å². The molecule has 1 saturated carbocycles. The highest BCUT2D eigenvalue weighted by molar-refractivity contribution is 6.21. The van der Waals surface area contributed by atoms with Crippen LogP contribution in [-0.2, 0) is 11.0 Å². The van der Waals surface area contributed by atoms with E-state index >= 15 is 0 Å². The third-order valence-corrected chi connectivity index (χ3v) is 6.07. The number of urea groups is 1. The van der Waals surface area contributed by atoms with E-state index in [0.29, 0.717) is 17.2 Å². The minimum Gasteiger partial charge on any atom is -0.399 e. The van der Waals surface area contributed by atoms with Gasteiger partial charge in [0.25, 0.3) is 17.7 Å². The summed E-state index contributed by atoms with van der Waals surface area (Å²) in [4.78, 5) is 40.3. The van der Waals surface area contributed by atoms with E-state index in [9.17, 15) is 27.6 Å². The number of imide groups is 1.